The number of aliphatic hydroxyl groups is 1. The van der Waals surface area contributed by atoms with Gasteiger partial charge in [-0.3, -0.25) is 0 Å². The molecule has 0 bridgehead atoms. The van der Waals surface area contributed by atoms with E-state index < -0.39 is 6.10 Å². The highest BCUT2D eigenvalue weighted by Crippen LogP contribution is 2.31. The third-order valence-corrected chi connectivity index (χ3v) is 3.73. The first-order valence-corrected chi connectivity index (χ1v) is 6.47. The molecule has 0 amide bonds. The average molecular weight is 234 g/mol. The molecule has 1 saturated heterocycles. The molecule has 1 N–H and O–H groups in total. The summed E-state index contributed by atoms with van der Waals surface area (Å²) in [5.41, 5.74) is 0.942. The van der Waals surface area contributed by atoms with Gasteiger partial charge in [0.15, 0.2) is 0 Å². The van der Waals surface area contributed by atoms with Crippen LogP contribution in [0.25, 0.3) is 0 Å². The van der Waals surface area contributed by atoms with Gasteiger partial charge in [0.25, 0.3) is 0 Å². The van der Waals surface area contributed by atoms with Crippen LogP contribution in [0.4, 0.5) is 5.82 Å². The fourth-order valence-corrected chi connectivity index (χ4v) is 2.52. The Morgan fingerprint density at radius 1 is 1.41 bits per heavy atom. The molecule has 2 atom stereocenters. The van der Waals surface area contributed by atoms with Crippen molar-refractivity contribution in [3.8, 4) is 0 Å². The van der Waals surface area contributed by atoms with Gasteiger partial charge in [-0.15, -0.1) is 0 Å². The first-order valence-electron chi connectivity index (χ1n) is 6.47. The molecule has 1 aliphatic rings. The summed E-state index contributed by atoms with van der Waals surface area (Å²) in [6, 6.07) is 3.86. The molecule has 0 saturated carbocycles. The molecule has 1 aliphatic heterocycles. The third-order valence-electron chi connectivity index (χ3n) is 3.73. The maximum absolute atomic E-state index is 9.77. The number of anilines is 1. The van der Waals surface area contributed by atoms with Gasteiger partial charge in [-0.05, 0) is 31.2 Å². The Hall–Kier alpha value is -1.09. The van der Waals surface area contributed by atoms with Crippen molar-refractivity contribution in [1.82, 2.24) is 4.98 Å². The summed E-state index contributed by atoms with van der Waals surface area (Å²) < 4.78 is 0. The molecule has 2 heterocycles. The molecule has 3 nitrogen and oxygen atoms in total. The fraction of sp³-hybridized carbons (Fsp3) is 0.643. The highest BCUT2D eigenvalue weighted by molar-refractivity contribution is 5.48. The Morgan fingerprint density at radius 2 is 2.18 bits per heavy atom. The normalized spacial score (nSPS) is 22.2. The quantitative estimate of drug-likeness (QED) is 0.873. The van der Waals surface area contributed by atoms with Crippen LogP contribution in [0.3, 0.4) is 0 Å². The van der Waals surface area contributed by atoms with Crippen LogP contribution in [0.15, 0.2) is 18.3 Å². The average Bonchev–Trinajstić information content (AvgIpc) is 2.78. The van der Waals surface area contributed by atoms with Crippen LogP contribution < -0.4 is 4.90 Å². The Kier molecular flexibility index (Phi) is 3.67. The summed E-state index contributed by atoms with van der Waals surface area (Å²) in [6.07, 6.45) is 2.59. The predicted octanol–water partition coefficient (Wildman–Crippen LogP) is 2.62. The van der Waals surface area contributed by atoms with Gasteiger partial charge in [-0.25, -0.2) is 4.98 Å². The second-order valence-electron chi connectivity index (χ2n) is 5.33. The lowest BCUT2D eigenvalue weighted by Crippen LogP contribution is -2.23. The van der Waals surface area contributed by atoms with Gasteiger partial charge in [-0.2, -0.15) is 0 Å². The molecule has 1 fully saturated rings. The van der Waals surface area contributed by atoms with Gasteiger partial charge in [0, 0.05) is 24.8 Å². The maximum atomic E-state index is 9.77. The van der Waals surface area contributed by atoms with Crippen LogP contribution in [0.1, 0.15) is 38.9 Å². The lowest BCUT2D eigenvalue weighted by atomic mass is 9.95. The molecule has 3 heteroatoms. The van der Waals surface area contributed by atoms with Crippen LogP contribution >= 0.6 is 0 Å². The molecule has 1 aromatic heterocycles. The third kappa shape index (κ3) is 2.60. The summed E-state index contributed by atoms with van der Waals surface area (Å²) in [6.45, 7) is 8.48. The molecule has 17 heavy (non-hydrogen) atoms. The van der Waals surface area contributed by atoms with Crippen LogP contribution in [-0.2, 0) is 0 Å². The minimum Gasteiger partial charge on any atom is -0.389 e. The molecule has 1 unspecified atom stereocenters. The van der Waals surface area contributed by atoms with Crippen molar-refractivity contribution in [2.24, 2.45) is 11.8 Å². The Labute approximate surface area is 103 Å². The molecular weight excluding hydrogens is 212 g/mol. The van der Waals surface area contributed by atoms with E-state index in [2.05, 4.69) is 23.7 Å². The first-order chi connectivity index (χ1) is 8.09. The van der Waals surface area contributed by atoms with E-state index in [9.17, 15) is 5.11 Å². The van der Waals surface area contributed by atoms with E-state index in [0.717, 1.165) is 36.3 Å². The van der Waals surface area contributed by atoms with Gasteiger partial charge in [-0.1, -0.05) is 19.9 Å². The fourth-order valence-electron chi connectivity index (χ4n) is 2.52. The molecule has 94 valence electrons. The number of nitrogens with zero attached hydrogens (tertiary/aromatic N) is 2. The predicted molar refractivity (Wildman–Crippen MR) is 70.0 cm³/mol. The molecule has 2 rings (SSSR count). The number of aromatic nitrogens is 1. The van der Waals surface area contributed by atoms with E-state index >= 15 is 0 Å². The minimum atomic E-state index is -0.447. The lowest BCUT2D eigenvalue weighted by molar-refractivity contribution is 0.199. The van der Waals surface area contributed by atoms with Crippen molar-refractivity contribution in [3.05, 3.63) is 23.9 Å². The lowest BCUT2D eigenvalue weighted by Gasteiger charge is -2.22. The Morgan fingerprint density at radius 3 is 2.76 bits per heavy atom. The van der Waals surface area contributed by atoms with E-state index in [0.29, 0.717) is 0 Å². The minimum absolute atomic E-state index is 0.447. The second kappa shape index (κ2) is 5.05. The molecule has 0 spiro atoms. The zero-order valence-corrected chi connectivity index (χ0v) is 10.9. The summed E-state index contributed by atoms with van der Waals surface area (Å²) in [4.78, 5) is 6.75. The van der Waals surface area contributed by atoms with Crippen LogP contribution in [-0.4, -0.2) is 23.2 Å². The molecule has 0 aliphatic carbocycles. The van der Waals surface area contributed by atoms with Gasteiger partial charge in [0.1, 0.15) is 5.82 Å². The molecule has 1 aromatic rings. The van der Waals surface area contributed by atoms with E-state index in [1.165, 1.54) is 6.42 Å². The topological polar surface area (TPSA) is 36.4 Å². The van der Waals surface area contributed by atoms with E-state index in [-0.39, 0.29) is 0 Å². The SMILES string of the molecule is CC(C)C1CCN(c2ncccc2[C@@H](C)O)C1. The zero-order chi connectivity index (χ0) is 12.4. The standard InChI is InChI=1S/C14H22N2O/c1-10(2)12-6-8-16(9-12)14-13(11(3)17)5-4-7-15-14/h4-5,7,10-12,17H,6,8-9H2,1-3H3/t11-,12?/m1/s1. The summed E-state index contributed by atoms with van der Waals surface area (Å²) in [7, 11) is 0. The number of hydrogen-bond donors (Lipinski definition) is 1. The number of pyridine rings is 1. The van der Waals surface area contributed by atoms with Crippen molar-refractivity contribution in [2.45, 2.75) is 33.3 Å². The first kappa shape index (κ1) is 12.4. The van der Waals surface area contributed by atoms with E-state index in [1.54, 1.807) is 6.92 Å². The maximum Gasteiger partial charge on any atom is 0.134 e. The van der Waals surface area contributed by atoms with Crippen LogP contribution in [0, 0.1) is 11.8 Å². The van der Waals surface area contributed by atoms with E-state index in [4.69, 9.17) is 0 Å². The number of hydrogen-bond acceptors (Lipinski definition) is 3. The summed E-state index contributed by atoms with van der Waals surface area (Å²) >= 11 is 0. The van der Waals surface area contributed by atoms with Gasteiger partial charge in [0.2, 0.25) is 0 Å². The van der Waals surface area contributed by atoms with Gasteiger partial charge >= 0.3 is 0 Å². The largest absolute Gasteiger partial charge is 0.389 e. The Balaban J connectivity index is 2.18. The molecule has 0 aromatic carbocycles. The van der Waals surface area contributed by atoms with Crippen LogP contribution in [0.2, 0.25) is 0 Å². The zero-order valence-electron chi connectivity index (χ0n) is 10.9. The van der Waals surface area contributed by atoms with Crippen molar-refractivity contribution in [2.75, 3.05) is 18.0 Å². The van der Waals surface area contributed by atoms with Crippen molar-refractivity contribution >= 4 is 5.82 Å². The van der Waals surface area contributed by atoms with Gasteiger partial charge < -0.3 is 10.0 Å². The van der Waals surface area contributed by atoms with Crippen molar-refractivity contribution in [1.29, 1.82) is 0 Å². The Bertz CT molecular complexity index is 376. The molecular formula is C14H22N2O. The van der Waals surface area contributed by atoms with E-state index in [1.807, 2.05) is 18.3 Å². The number of aliphatic hydroxyl groups excluding tert-OH is 1. The number of rotatable bonds is 3. The van der Waals surface area contributed by atoms with Crippen LogP contribution in [0.5, 0.6) is 0 Å². The van der Waals surface area contributed by atoms with Crippen molar-refractivity contribution in [3.63, 3.8) is 0 Å². The van der Waals surface area contributed by atoms with Gasteiger partial charge in [0.05, 0.1) is 6.10 Å². The molecule has 0 radical (unpaired) electrons. The smallest absolute Gasteiger partial charge is 0.134 e. The second-order valence-corrected chi connectivity index (χ2v) is 5.33. The van der Waals surface area contributed by atoms with Crippen molar-refractivity contribution < 1.29 is 5.11 Å². The summed E-state index contributed by atoms with van der Waals surface area (Å²) in [5.74, 6) is 2.43. The highest BCUT2D eigenvalue weighted by Gasteiger charge is 2.27. The highest BCUT2D eigenvalue weighted by atomic mass is 16.3. The monoisotopic (exact) mass is 234 g/mol. The summed E-state index contributed by atoms with van der Waals surface area (Å²) in [5, 5.41) is 9.77.